The number of nitrogens with zero attached hydrogens (tertiary/aromatic N) is 1. The predicted octanol–water partition coefficient (Wildman–Crippen LogP) is 3.31. The second kappa shape index (κ2) is 8.36. The van der Waals surface area contributed by atoms with E-state index in [2.05, 4.69) is 17.1 Å². The fourth-order valence-corrected chi connectivity index (χ4v) is 2.33. The molecule has 0 aliphatic carbocycles. The van der Waals surface area contributed by atoms with Crippen LogP contribution in [0.15, 0.2) is 54.6 Å². The summed E-state index contributed by atoms with van der Waals surface area (Å²) in [6, 6.07) is 15.9. The maximum Gasteiger partial charge on any atom is 0.161 e. The molecule has 0 aromatic heterocycles. The average molecular weight is 312 g/mol. The Hall–Kier alpha value is -2.30. The number of hydrogen-bond acceptors (Lipinski definition) is 4. The molecule has 0 spiro atoms. The molecule has 1 atom stereocenters. The molecule has 2 aromatic rings. The highest BCUT2D eigenvalue weighted by molar-refractivity contribution is 5.56. The molecule has 0 fully saturated rings. The van der Waals surface area contributed by atoms with Crippen LogP contribution in [0.25, 0.3) is 6.08 Å². The van der Waals surface area contributed by atoms with E-state index in [0.29, 0.717) is 0 Å². The summed E-state index contributed by atoms with van der Waals surface area (Å²) in [6.45, 7) is 0.754. The minimum atomic E-state index is -0.119. The lowest BCUT2D eigenvalue weighted by Crippen LogP contribution is -2.31. The molecule has 0 saturated carbocycles. The standard InChI is InChI=1S/C19H24N2O2/c1-21(19(20)16-9-5-4-6-10-16)13-7-8-15-11-12-17(22-2)18(14-15)23-3/h4-12,14,19H,13,20H2,1-3H3. The molecule has 0 heterocycles. The first-order valence-corrected chi connectivity index (χ1v) is 7.55. The molecule has 0 amide bonds. The van der Waals surface area contributed by atoms with Gasteiger partial charge in [0.1, 0.15) is 0 Å². The van der Waals surface area contributed by atoms with Gasteiger partial charge in [-0.15, -0.1) is 0 Å². The van der Waals surface area contributed by atoms with Gasteiger partial charge in [-0.3, -0.25) is 4.90 Å². The largest absolute Gasteiger partial charge is 0.493 e. The minimum absolute atomic E-state index is 0.119. The van der Waals surface area contributed by atoms with Crippen LogP contribution in [0.3, 0.4) is 0 Å². The SMILES string of the molecule is COc1ccc(C=CCN(C)C(N)c2ccccc2)cc1OC. The molecule has 23 heavy (non-hydrogen) atoms. The van der Waals surface area contributed by atoms with Crippen molar-refractivity contribution < 1.29 is 9.47 Å². The van der Waals surface area contributed by atoms with Crippen LogP contribution in [0.5, 0.6) is 11.5 Å². The lowest BCUT2D eigenvalue weighted by Gasteiger charge is -2.23. The minimum Gasteiger partial charge on any atom is -0.493 e. The Bertz CT molecular complexity index is 641. The smallest absolute Gasteiger partial charge is 0.161 e. The maximum atomic E-state index is 6.26. The van der Waals surface area contributed by atoms with Crippen molar-refractivity contribution in [3.8, 4) is 11.5 Å². The Morgan fingerprint density at radius 3 is 2.39 bits per heavy atom. The highest BCUT2D eigenvalue weighted by atomic mass is 16.5. The van der Waals surface area contributed by atoms with Gasteiger partial charge in [-0.05, 0) is 30.3 Å². The van der Waals surface area contributed by atoms with Crippen LogP contribution in [0.2, 0.25) is 0 Å². The van der Waals surface area contributed by atoms with E-state index >= 15 is 0 Å². The molecule has 122 valence electrons. The van der Waals surface area contributed by atoms with Crippen LogP contribution >= 0.6 is 0 Å². The van der Waals surface area contributed by atoms with Gasteiger partial charge in [-0.25, -0.2) is 0 Å². The van der Waals surface area contributed by atoms with E-state index in [-0.39, 0.29) is 6.17 Å². The number of ether oxygens (including phenoxy) is 2. The van der Waals surface area contributed by atoms with Crippen molar-refractivity contribution >= 4 is 6.08 Å². The van der Waals surface area contributed by atoms with E-state index in [1.165, 1.54) is 0 Å². The third-order valence-corrected chi connectivity index (χ3v) is 3.73. The number of methoxy groups -OCH3 is 2. The van der Waals surface area contributed by atoms with Gasteiger partial charge in [0, 0.05) is 6.54 Å². The van der Waals surface area contributed by atoms with Crippen molar-refractivity contribution in [2.24, 2.45) is 5.73 Å². The van der Waals surface area contributed by atoms with Crippen LogP contribution in [0, 0.1) is 0 Å². The molecule has 0 saturated heterocycles. The van der Waals surface area contributed by atoms with Gasteiger partial charge >= 0.3 is 0 Å². The van der Waals surface area contributed by atoms with E-state index in [9.17, 15) is 0 Å². The molecule has 0 radical (unpaired) electrons. The summed E-state index contributed by atoms with van der Waals surface area (Å²) in [4.78, 5) is 2.09. The van der Waals surface area contributed by atoms with E-state index in [1.807, 2.05) is 55.6 Å². The fraction of sp³-hybridized carbons (Fsp3) is 0.263. The first-order chi connectivity index (χ1) is 11.2. The molecular weight excluding hydrogens is 288 g/mol. The zero-order valence-electron chi connectivity index (χ0n) is 13.9. The summed E-state index contributed by atoms with van der Waals surface area (Å²) in [5, 5.41) is 0. The van der Waals surface area contributed by atoms with Gasteiger partial charge in [-0.1, -0.05) is 48.6 Å². The molecule has 1 unspecified atom stereocenters. The molecule has 2 N–H and O–H groups in total. The van der Waals surface area contributed by atoms with Crippen molar-refractivity contribution in [2.75, 3.05) is 27.8 Å². The van der Waals surface area contributed by atoms with E-state index in [1.54, 1.807) is 14.2 Å². The molecule has 4 heteroatoms. The number of rotatable bonds is 7. The zero-order valence-corrected chi connectivity index (χ0v) is 13.9. The Labute approximate surface area is 138 Å². The third-order valence-electron chi connectivity index (χ3n) is 3.73. The fourth-order valence-electron chi connectivity index (χ4n) is 2.33. The zero-order chi connectivity index (χ0) is 16.7. The summed E-state index contributed by atoms with van der Waals surface area (Å²) in [5.41, 5.74) is 8.42. The summed E-state index contributed by atoms with van der Waals surface area (Å²) < 4.78 is 10.6. The van der Waals surface area contributed by atoms with Crippen molar-refractivity contribution in [1.29, 1.82) is 0 Å². The first-order valence-electron chi connectivity index (χ1n) is 7.55. The first kappa shape index (κ1) is 17.1. The molecule has 2 rings (SSSR count). The van der Waals surface area contributed by atoms with Crippen molar-refractivity contribution in [3.05, 3.63) is 65.7 Å². The summed E-state index contributed by atoms with van der Waals surface area (Å²) >= 11 is 0. The topological polar surface area (TPSA) is 47.7 Å². The van der Waals surface area contributed by atoms with E-state index in [0.717, 1.165) is 29.2 Å². The molecule has 2 aromatic carbocycles. The van der Waals surface area contributed by atoms with E-state index in [4.69, 9.17) is 15.2 Å². The Kier molecular flexibility index (Phi) is 6.20. The molecule has 0 bridgehead atoms. The predicted molar refractivity (Wildman–Crippen MR) is 94.6 cm³/mol. The van der Waals surface area contributed by atoms with Crippen molar-refractivity contribution in [3.63, 3.8) is 0 Å². The van der Waals surface area contributed by atoms with Crippen LogP contribution in [0.4, 0.5) is 0 Å². The molecule has 0 aliphatic rings. The van der Waals surface area contributed by atoms with Gasteiger partial charge in [0.25, 0.3) is 0 Å². The summed E-state index contributed by atoms with van der Waals surface area (Å²) in [7, 11) is 5.28. The molecular formula is C19H24N2O2. The quantitative estimate of drug-likeness (QED) is 0.797. The average Bonchev–Trinajstić information content (AvgIpc) is 2.61. The van der Waals surface area contributed by atoms with Gasteiger partial charge in [0.15, 0.2) is 11.5 Å². The number of likely N-dealkylation sites (N-methyl/N-ethyl adjacent to an activating group) is 1. The maximum absolute atomic E-state index is 6.26. The highest BCUT2D eigenvalue weighted by Crippen LogP contribution is 2.28. The van der Waals surface area contributed by atoms with Gasteiger partial charge < -0.3 is 15.2 Å². The van der Waals surface area contributed by atoms with Crippen LogP contribution < -0.4 is 15.2 Å². The second-order valence-electron chi connectivity index (χ2n) is 5.31. The third kappa shape index (κ3) is 4.58. The molecule has 0 aliphatic heterocycles. The van der Waals surface area contributed by atoms with Gasteiger partial charge in [0.2, 0.25) is 0 Å². The number of benzene rings is 2. The van der Waals surface area contributed by atoms with E-state index < -0.39 is 0 Å². The van der Waals surface area contributed by atoms with Crippen LogP contribution in [-0.2, 0) is 0 Å². The summed E-state index contributed by atoms with van der Waals surface area (Å²) in [6.07, 6.45) is 4.02. The summed E-state index contributed by atoms with van der Waals surface area (Å²) in [5.74, 6) is 1.46. The van der Waals surface area contributed by atoms with Gasteiger partial charge in [-0.2, -0.15) is 0 Å². The van der Waals surface area contributed by atoms with Crippen LogP contribution in [0.1, 0.15) is 17.3 Å². The Balaban J connectivity index is 1.98. The van der Waals surface area contributed by atoms with Crippen LogP contribution in [-0.4, -0.2) is 32.7 Å². The number of hydrogen-bond donors (Lipinski definition) is 1. The Morgan fingerprint density at radius 1 is 1.04 bits per heavy atom. The Morgan fingerprint density at radius 2 is 1.74 bits per heavy atom. The van der Waals surface area contributed by atoms with Crippen molar-refractivity contribution in [2.45, 2.75) is 6.17 Å². The normalized spacial score (nSPS) is 12.6. The molecule has 4 nitrogen and oxygen atoms in total. The number of nitrogens with two attached hydrogens (primary N) is 1. The second-order valence-corrected chi connectivity index (χ2v) is 5.31. The lowest BCUT2D eigenvalue weighted by atomic mass is 10.1. The van der Waals surface area contributed by atoms with Gasteiger partial charge in [0.05, 0.1) is 20.4 Å². The van der Waals surface area contributed by atoms with Crippen molar-refractivity contribution in [1.82, 2.24) is 4.90 Å². The highest BCUT2D eigenvalue weighted by Gasteiger charge is 2.09. The lowest BCUT2D eigenvalue weighted by molar-refractivity contribution is 0.277. The monoisotopic (exact) mass is 312 g/mol.